The Morgan fingerprint density at radius 1 is 1.29 bits per heavy atom. The zero-order valence-electron chi connectivity index (χ0n) is 7.09. The van der Waals surface area contributed by atoms with Gasteiger partial charge in [0.2, 0.25) is 5.82 Å². The summed E-state index contributed by atoms with van der Waals surface area (Å²) in [6.45, 7) is 0. The molecular formula is C9H8BrFO3. The highest BCUT2D eigenvalue weighted by Gasteiger charge is 2.45. The smallest absolute Gasteiger partial charge is 0.207 e. The summed E-state index contributed by atoms with van der Waals surface area (Å²) in [5, 5.41) is 28.2. The molecule has 1 aromatic carbocycles. The van der Waals surface area contributed by atoms with Crippen LogP contribution in [0.2, 0.25) is 0 Å². The second kappa shape index (κ2) is 2.84. The average molecular weight is 263 g/mol. The maximum Gasteiger partial charge on any atom is 0.207 e. The van der Waals surface area contributed by atoms with Crippen molar-refractivity contribution >= 4 is 15.9 Å². The number of rotatable bonds is 1. The first-order chi connectivity index (χ1) is 6.46. The third-order valence-corrected chi connectivity index (χ3v) is 3.00. The Balaban J connectivity index is 2.62. The molecule has 1 aliphatic rings. The molecule has 0 atom stereocenters. The lowest BCUT2D eigenvalue weighted by atomic mass is 10.1. The fourth-order valence-electron chi connectivity index (χ4n) is 1.34. The lowest BCUT2D eigenvalue weighted by Gasteiger charge is -2.12. The first-order valence-electron chi connectivity index (χ1n) is 4.08. The number of hydrogen-bond acceptors (Lipinski definition) is 3. The van der Waals surface area contributed by atoms with E-state index in [1.807, 2.05) is 0 Å². The summed E-state index contributed by atoms with van der Waals surface area (Å²) in [7, 11) is 0. The van der Waals surface area contributed by atoms with E-state index in [-0.39, 0.29) is 10.0 Å². The highest BCUT2D eigenvalue weighted by molar-refractivity contribution is 9.10. The van der Waals surface area contributed by atoms with E-state index >= 15 is 0 Å². The maximum absolute atomic E-state index is 13.2. The van der Waals surface area contributed by atoms with Crippen molar-refractivity contribution in [3.8, 4) is 11.5 Å². The largest absolute Gasteiger partial charge is 0.504 e. The van der Waals surface area contributed by atoms with Crippen molar-refractivity contribution in [3.63, 3.8) is 0 Å². The van der Waals surface area contributed by atoms with Gasteiger partial charge < -0.3 is 15.3 Å². The van der Waals surface area contributed by atoms with Crippen molar-refractivity contribution in [1.29, 1.82) is 0 Å². The van der Waals surface area contributed by atoms with Crippen LogP contribution < -0.4 is 0 Å². The molecule has 2 rings (SSSR count). The summed E-state index contributed by atoms with van der Waals surface area (Å²) in [5.41, 5.74) is -0.999. The number of phenolic OH excluding ortho intramolecular Hbond substituents is 2. The van der Waals surface area contributed by atoms with Gasteiger partial charge in [0.25, 0.3) is 0 Å². The van der Waals surface area contributed by atoms with E-state index in [4.69, 9.17) is 5.11 Å². The first kappa shape index (κ1) is 9.73. The Kier molecular flexibility index (Phi) is 1.97. The molecule has 1 fully saturated rings. The SMILES string of the molecule is Oc1c(Br)cc(C2(O)CC2)c(O)c1F. The van der Waals surface area contributed by atoms with Gasteiger partial charge in [-0.3, -0.25) is 0 Å². The zero-order valence-corrected chi connectivity index (χ0v) is 8.68. The molecule has 0 saturated heterocycles. The monoisotopic (exact) mass is 262 g/mol. The predicted octanol–water partition coefficient (Wildman–Crippen LogP) is 1.98. The van der Waals surface area contributed by atoms with Crippen molar-refractivity contribution in [2.24, 2.45) is 0 Å². The second-order valence-electron chi connectivity index (χ2n) is 3.45. The summed E-state index contributed by atoms with van der Waals surface area (Å²) in [4.78, 5) is 0. The van der Waals surface area contributed by atoms with E-state index in [1.54, 1.807) is 0 Å². The van der Waals surface area contributed by atoms with Gasteiger partial charge in [0.05, 0.1) is 10.1 Å². The lowest BCUT2D eigenvalue weighted by Crippen LogP contribution is -2.05. The number of aromatic hydroxyl groups is 2. The molecule has 0 aliphatic heterocycles. The molecule has 0 unspecified atom stereocenters. The Labute approximate surface area is 87.9 Å². The van der Waals surface area contributed by atoms with Crippen LogP contribution in [0.3, 0.4) is 0 Å². The topological polar surface area (TPSA) is 60.7 Å². The Morgan fingerprint density at radius 2 is 1.86 bits per heavy atom. The third kappa shape index (κ3) is 1.27. The van der Waals surface area contributed by atoms with Crippen LogP contribution >= 0.6 is 15.9 Å². The van der Waals surface area contributed by atoms with Crippen LogP contribution in [-0.4, -0.2) is 15.3 Å². The Hall–Kier alpha value is -0.810. The van der Waals surface area contributed by atoms with Crippen molar-refractivity contribution in [1.82, 2.24) is 0 Å². The average Bonchev–Trinajstić information content (AvgIpc) is 2.87. The molecule has 0 amide bonds. The molecule has 14 heavy (non-hydrogen) atoms. The van der Waals surface area contributed by atoms with Crippen LogP contribution in [0.1, 0.15) is 18.4 Å². The van der Waals surface area contributed by atoms with Gasteiger partial charge in [0.1, 0.15) is 0 Å². The fourth-order valence-corrected chi connectivity index (χ4v) is 1.74. The lowest BCUT2D eigenvalue weighted by molar-refractivity contribution is 0.146. The van der Waals surface area contributed by atoms with Gasteiger partial charge in [-0.05, 0) is 34.8 Å². The third-order valence-electron chi connectivity index (χ3n) is 2.39. The second-order valence-corrected chi connectivity index (χ2v) is 4.30. The van der Waals surface area contributed by atoms with Gasteiger partial charge in [-0.2, -0.15) is 4.39 Å². The van der Waals surface area contributed by atoms with E-state index in [9.17, 15) is 14.6 Å². The van der Waals surface area contributed by atoms with Gasteiger partial charge >= 0.3 is 0 Å². The van der Waals surface area contributed by atoms with Crippen molar-refractivity contribution in [2.75, 3.05) is 0 Å². The minimum absolute atomic E-state index is 0.125. The molecule has 0 heterocycles. The standard InChI is InChI=1S/C9H8BrFO3/c10-5-3-4(9(14)1-2-9)7(12)6(11)8(5)13/h3,12-14H,1-2H2. The molecule has 76 valence electrons. The molecule has 0 aromatic heterocycles. The molecule has 3 N–H and O–H groups in total. The van der Waals surface area contributed by atoms with Gasteiger partial charge in [-0.15, -0.1) is 0 Å². The van der Waals surface area contributed by atoms with E-state index in [2.05, 4.69) is 15.9 Å². The van der Waals surface area contributed by atoms with Crippen LogP contribution in [-0.2, 0) is 5.60 Å². The number of aliphatic hydroxyl groups is 1. The Morgan fingerprint density at radius 3 is 2.36 bits per heavy atom. The van der Waals surface area contributed by atoms with Gasteiger partial charge in [0, 0.05) is 5.56 Å². The summed E-state index contributed by atoms with van der Waals surface area (Å²) < 4.78 is 13.3. The van der Waals surface area contributed by atoms with Crippen LogP contribution in [0.15, 0.2) is 10.5 Å². The molecule has 3 nitrogen and oxygen atoms in total. The molecule has 1 aliphatic carbocycles. The molecular weight excluding hydrogens is 255 g/mol. The van der Waals surface area contributed by atoms with Gasteiger partial charge in [-0.25, -0.2) is 0 Å². The number of phenols is 2. The summed E-state index contributed by atoms with van der Waals surface area (Å²) in [6, 6.07) is 1.33. The molecule has 5 heteroatoms. The molecule has 0 radical (unpaired) electrons. The van der Waals surface area contributed by atoms with E-state index in [0.29, 0.717) is 12.8 Å². The van der Waals surface area contributed by atoms with Gasteiger partial charge in [-0.1, -0.05) is 0 Å². The maximum atomic E-state index is 13.2. The number of benzene rings is 1. The van der Waals surface area contributed by atoms with Gasteiger partial charge in [0.15, 0.2) is 11.5 Å². The van der Waals surface area contributed by atoms with E-state index in [0.717, 1.165) is 0 Å². The Bertz CT molecular complexity index is 402. The van der Waals surface area contributed by atoms with Crippen LogP contribution in [0.4, 0.5) is 4.39 Å². The molecule has 1 aromatic rings. The predicted molar refractivity (Wildman–Crippen MR) is 50.6 cm³/mol. The highest BCUT2D eigenvalue weighted by Crippen LogP contribution is 2.51. The van der Waals surface area contributed by atoms with E-state index in [1.165, 1.54) is 6.07 Å². The number of halogens is 2. The minimum atomic E-state index is -1.12. The zero-order chi connectivity index (χ0) is 10.5. The molecule has 1 saturated carbocycles. The van der Waals surface area contributed by atoms with Crippen molar-refractivity contribution in [3.05, 3.63) is 21.9 Å². The van der Waals surface area contributed by atoms with Crippen LogP contribution in [0.5, 0.6) is 11.5 Å². The van der Waals surface area contributed by atoms with Crippen molar-refractivity contribution < 1.29 is 19.7 Å². The summed E-state index contributed by atoms with van der Waals surface area (Å²) in [5.74, 6) is -2.42. The molecule has 0 spiro atoms. The van der Waals surface area contributed by atoms with Crippen LogP contribution in [0.25, 0.3) is 0 Å². The minimum Gasteiger partial charge on any atom is -0.504 e. The summed E-state index contributed by atoms with van der Waals surface area (Å²) >= 11 is 2.94. The number of hydrogen-bond donors (Lipinski definition) is 3. The highest BCUT2D eigenvalue weighted by atomic mass is 79.9. The quantitative estimate of drug-likeness (QED) is 0.726. The summed E-state index contributed by atoms with van der Waals surface area (Å²) in [6.07, 6.45) is 0.994. The fraction of sp³-hybridized carbons (Fsp3) is 0.333. The first-order valence-corrected chi connectivity index (χ1v) is 4.88. The normalized spacial score (nSPS) is 18.2. The van der Waals surface area contributed by atoms with Crippen LogP contribution in [0, 0.1) is 5.82 Å². The molecule has 0 bridgehead atoms. The van der Waals surface area contributed by atoms with E-state index < -0.39 is 22.9 Å². The van der Waals surface area contributed by atoms with Crippen molar-refractivity contribution in [2.45, 2.75) is 18.4 Å².